The highest BCUT2D eigenvalue weighted by atomic mass is 16.8. The zero-order valence-electron chi connectivity index (χ0n) is 49.6. The number of Topliss-reactive ketones (excluding diaryl/α,β-unsaturated/α-hetero) is 3. The Bertz CT molecular complexity index is 2270. The minimum atomic E-state index is -2.49. The molecule has 0 aromatic heterocycles. The first-order valence-electron chi connectivity index (χ1n) is 29.1. The van der Waals surface area contributed by atoms with E-state index in [0.29, 0.717) is 63.4 Å². The number of cyclic esters (lactones) is 1. The number of nitrogens with zero attached hydrogens (tertiary/aromatic N) is 1. The number of ketones is 3. The van der Waals surface area contributed by atoms with Gasteiger partial charge in [0.25, 0.3) is 17.5 Å². The van der Waals surface area contributed by atoms with Gasteiger partial charge in [-0.1, -0.05) is 71.1 Å². The first-order valence-corrected chi connectivity index (χ1v) is 29.1. The number of amides is 1. The summed E-state index contributed by atoms with van der Waals surface area (Å²) in [6.07, 6.45) is 3.50. The minimum absolute atomic E-state index is 0.0211. The van der Waals surface area contributed by atoms with Gasteiger partial charge >= 0.3 is 12.1 Å². The number of aliphatic hydroxyl groups excluding tert-OH is 5. The molecule has 4 heterocycles. The van der Waals surface area contributed by atoms with Crippen molar-refractivity contribution in [1.82, 2.24) is 4.90 Å². The summed E-state index contributed by atoms with van der Waals surface area (Å²) >= 11 is 0. The molecular formula is C60H93NO21. The summed E-state index contributed by atoms with van der Waals surface area (Å²) < 4.78 is 51.2. The van der Waals surface area contributed by atoms with Gasteiger partial charge in [-0.25, -0.2) is 9.59 Å². The van der Waals surface area contributed by atoms with Gasteiger partial charge in [0, 0.05) is 58.5 Å². The maximum Gasteiger partial charge on any atom is 0.511 e. The van der Waals surface area contributed by atoms with Crippen molar-refractivity contribution in [3.8, 4) is 0 Å². The molecule has 22 nitrogen and oxygen atoms in total. The number of hydrogen-bond donors (Lipinski definition) is 6. The van der Waals surface area contributed by atoms with Crippen molar-refractivity contribution in [2.24, 2.45) is 35.5 Å². The number of aliphatic hydroxyl groups is 6. The van der Waals surface area contributed by atoms with E-state index < -0.39 is 139 Å². The molecule has 4 aliphatic heterocycles. The minimum Gasteiger partial charge on any atom is -0.460 e. The van der Waals surface area contributed by atoms with Crippen molar-refractivity contribution in [1.29, 1.82) is 0 Å². The Balaban J connectivity index is 1.36. The van der Waals surface area contributed by atoms with Crippen LogP contribution in [0, 0.1) is 35.5 Å². The topological polar surface area (TPSA) is 310 Å². The zero-order valence-corrected chi connectivity index (χ0v) is 49.6. The Hall–Kier alpha value is -4.30. The summed E-state index contributed by atoms with van der Waals surface area (Å²) in [5.74, 6) is -11.1. The predicted octanol–water partition coefficient (Wildman–Crippen LogP) is 4.16. The molecule has 0 spiro atoms. The molecular weight excluding hydrogens is 1070 g/mol. The number of esters is 1. The predicted molar refractivity (Wildman–Crippen MR) is 295 cm³/mol. The molecule has 2 bridgehead atoms. The van der Waals surface area contributed by atoms with Gasteiger partial charge in [-0.15, -0.1) is 0 Å². The van der Waals surface area contributed by atoms with Crippen LogP contribution >= 0.6 is 0 Å². The fraction of sp³-hybridized carbons (Fsp3) is 0.767. The quantitative estimate of drug-likeness (QED) is 0.0692. The Kier molecular flexibility index (Phi) is 26.5. The second-order valence-electron chi connectivity index (χ2n) is 23.4. The lowest BCUT2D eigenvalue weighted by molar-refractivity contribution is -0.332. The SMILES string of the molecule is CO[C@H]1C[C@@H]2CC[C@@H](C)[C@@](O)(O2)C(=O)C(=O)N2CCCCC2C(=O)O[C@H]([C@H](C)CC2CC[C@@H](OCCOC(=O)OC3(CO)OCC(O)[C@@H](O)[C@@H]3O)[C@H](OC)C2)CC(=O)[C@H](C)/C=C(\C)[C@@H](O)[C@@H](OC)C(=O)[C@H](C)C[C@H](C)\C=C/C=C/C=C/1C. The zero-order chi connectivity index (χ0) is 60.6. The highest BCUT2D eigenvalue weighted by Crippen LogP contribution is 2.38. The van der Waals surface area contributed by atoms with Gasteiger partial charge in [-0.3, -0.25) is 19.2 Å². The number of rotatable bonds is 12. The van der Waals surface area contributed by atoms with Crippen LogP contribution < -0.4 is 0 Å². The van der Waals surface area contributed by atoms with E-state index in [0.717, 1.165) is 10.5 Å². The van der Waals surface area contributed by atoms with Crippen LogP contribution in [0.1, 0.15) is 126 Å². The number of carbonyl (C=O) groups excluding carboxylic acids is 6. The molecule has 1 saturated carbocycles. The van der Waals surface area contributed by atoms with Crippen LogP contribution in [0.5, 0.6) is 0 Å². The lowest BCUT2D eigenvalue weighted by Gasteiger charge is -2.42. The molecule has 0 radical (unpaired) electrons. The smallest absolute Gasteiger partial charge is 0.460 e. The van der Waals surface area contributed by atoms with Crippen LogP contribution in [0.25, 0.3) is 0 Å². The number of piperidine rings is 1. The maximum atomic E-state index is 14.6. The van der Waals surface area contributed by atoms with Crippen molar-refractivity contribution < 1.29 is 102 Å². The van der Waals surface area contributed by atoms with Crippen LogP contribution in [0.15, 0.2) is 47.6 Å². The molecule has 5 rings (SSSR count). The Morgan fingerprint density at radius 1 is 0.841 bits per heavy atom. The molecule has 5 aliphatic rings. The second-order valence-corrected chi connectivity index (χ2v) is 23.4. The normalized spacial score (nSPS) is 40.0. The second kappa shape index (κ2) is 31.7. The van der Waals surface area contributed by atoms with Gasteiger partial charge in [0.15, 0.2) is 11.9 Å². The first kappa shape index (κ1) is 68.5. The van der Waals surface area contributed by atoms with Gasteiger partial charge < -0.3 is 78.2 Å². The number of hydrogen-bond acceptors (Lipinski definition) is 21. The monoisotopic (exact) mass is 1160 g/mol. The summed E-state index contributed by atoms with van der Waals surface area (Å²) in [6, 6.07) is -1.22. The largest absolute Gasteiger partial charge is 0.511 e. The van der Waals surface area contributed by atoms with E-state index in [1.807, 2.05) is 51.2 Å². The van der Waals surface area contributed by atoms with Crippen LogP contribution in [0.4, 0.5) is 4.79 Å². The molecule has 82 heavy (non-hydrogen) atoms. The number of ether oxygens (including phenoxy) is 9. The molecule has 4 fully saturated rings. The van der Waals surface area contributed by atoms with E-state index >= 15 is 0 Å². The van der Waals surface area contributed by atoms with Gasteiger partial charge in [0.2, 0.25) is 5.79 Å². The first-order chi connectivity index (χ1) is 38.8. The van der Waals surface area contributed by atoms with E-state index in [-0.39, 0.29) is 62.4 Å². The maximum absolute atomic E-state index is 14.6. The lowest BCUT2D eigenvalue weighted by atomic mass is 9.78. The van der Waals surface area contributed by atoms with E-state index in [4.69, 9.17) is 42.6 Å². The van der Waals surface area contributed by atoms with Gasteiger partial charge in [0.1, 0.15) is 55.6 Å². The lowest BCUT2D eigenvalue weighted by Crippen LogP contribution is -2.64. The third kappa shape index (κ3) is 17.7. The fourth-order valence-corrected chi connectivity index (χ4v) is 11.9. The van der Waals surface area contributed by atoms with Crippen molar-refractivity contribution in [2.75, 3.05) is 54.3 Å². The van der Waals surface area contributed by atoms with E-state index in [1.165, 1.54) is 14.2 Å². The van der Waals surface area contributed by atoms with Crippen LogP contribution in [0.2, 0.25) is 0 Å². The van der Waals surface area contributed by atoms with Crippen molar-refractivity contribution in [3.63, 3.8) is 0 Å². The van der Waals surface area contributed by atoms with Gasteiger partial charge in [-0.2, -0.15) is 0 Å². The molecule has 4 unspecified atom stereocenters. The van der Waals surface area contributed by atoms with Gasteiger partial charge in [-0.05, 0) is 107 Å². The number of fused-ring (bicyclic) bond motifs is 3. The summed E-state index contributed by atoms with van der Waals surface area (Å²) in [5.41, 5.74) is 1.19. The van der Waals surface area contributed by atoms with Crippen LogP contribution in [-0.2, 0) is 66.6 Å². The third-order valence-electron chi connectivity index (χ3n) is 17.2. The summed E-state index contributed by atoms with van der Waals surface area (Å²) in [7, 11) is 4.44. The fourth-order valence-electron chi connectivity index (χ4n) is 11.9. The van der Waals surface area contributed by atoms with E-state index in [9.17, 15) is 59.4 Å². The van der Waals surface area contributed by atoms with Gasteiger partial charge in [0.05, 0.1) is 37.6 Å². The molecule has 22 heteroatoms. The van der Waals surface area contributed by atoms with Crippen molar-refractivity contribution >= 4 is 35.4 Å². The Morgan fingerprint density at radius 2 is 1.57 bits per heavy atom. The third-order valence-corrected chi connectivity index (χ3v) is 17.2. The molecule has 1 aliphatic carbocycles. The molecule has 0 aromatic rings. The number of methoxy groups -OCH3 is 3. The van der Waals surface area contributed by atoms with E-state index in [1.54, 1.807) is 40.9 Å². The Morgan fingerprint density at radius 3 is 2.26 bits per heavy atom. The summed E-state index contributed by atoms with van der Waals surface area (Å²) in [4.78, 5) is 85.3. The van der Waals surface area contributed by atoms with Crippen LogP contribution in [0.3, 0.4) is 0 Å². The molecule has 464 valence electrons. The van der Waals surface area contributed by atoms with Crippen molar-refractivity contribution in [2.45, 2.75) is 204 Å². The molecule has 3 saturated heterocycles. The van der Waals surface area contributed by atoms with E-state index in [2.05, 4.69) is 0 Å². The average molecular weight is 1160 g/mol. The molecule has 1 amide bonds. The highest BCUT2D eigenvalue weighted by molar-refractivity contribution is 6.39. The summed E-state index contributed by atoms with van der Waals surface area (Å²) in [5, 5.41) is 63.7. The standard InChI is InChI=1S/C60H93NO21/c1-34-16-12-11-13-17-35(2)47(74-8)30-42-21-19-40(7)60(73,81-42)55(69)56(70)61-23-15-14-18-43(61)57(71)80-48(31-44(63)36(3)27-39(6)51(66)53(76-10)50(65)38(5)26-34)37(4)28-41-20-22-46(49(29-41)75-9)77-24-25-78-58(72)82-59(33-62)54(68)52(67)45(64)32-79-59/h11-13,16-17,27,34,36-38,40-43,45-49,51-54,62,64,66-68,73H,14-15,18-26,28-33H2,1-10H3/b13-11+,16-12-,35-17+,39-27+/t34-,36-,37-,38-,40-,41?,42+,43?,45?,46-,47+,48+,49-,51-,52-,53+,54+,59?,60-/m1/s1. The Labute approximate surface area is 482 Å². The van der Waals surface area contributed by atoms with Crippen molar-refractivity contribution in [3.05, 3.63) is 47.6 Å². The molecule has 6 N–H and O–H groups in total. The molecule has 19 atom stereocenters. The highest BCUT2D eigenvalue weighted by Gasteiger charge is 2.55. The number of allylic oxidation sites excluding steroid dienone is 6. The average Bonchev–Trinajstić information content (AvgIpc) is 3.66. The molecule has 0 aromatic carbocycles. The number of carbonyl (C=O) groups is 6. The summed E-state index contributed by atoms with van der Waals surface area (Å²) in [6.45, 7) is 10.5. The van der Waals surface area contributed by atoms with Crippen LogP contribution in [-0.4, -0.2) is 204 Å².